The molecule has 6 heteroatoms. The zero-order chi connectivity index (χ0) is 11.0. The minimum atomic E-state index is -0.228. The largest absolute Gasteiger partial charge is 0.393 e. The number of H-pyrrole nitrogens is 1. The number of nitrogens with zero attached hydrogens (tertiary/aromatic N) is 2. The van der Waals surface area contributed by atoms with Gasteiger partial charge in [-0.15, -0.1) is 11.3 Å². The molecule has 0 bridgehead atoms. The molecule has 0 aliphatic carbocycles. The Bertz CT molecular complexity index is 509. The van der Waals surface area contributed by atoms with Gasteiger partial charge in [0, 0.05) is 11.6 Å². The van der Waals surface area contributed by atoms with Gasteiger partial charge in [-0.25, -0.2) is 4.98 Å². The normalized spacial score (nSPS) is 11.1. The molecule has 2 rings (SSSR count). The first-order valence-electron chi connectivity index (χ1n) is 4.61. The number of nitrogen functional groups attached to an aromatic ring is 1. The minimum absolute atomic E-state index is 0.193. The van der Waals surface area contributed by atoms with Crippen molar-refractivity contribution in [3.05, 3.63) is 27.6 Å². The Hall–Kier alpha value is -1.56. The molecule has 0 aliphatic rings. The molecule has 2 aromatic heterocycles. The van der Waals surface area contributed by atoms with E-state index in [1.807, 2.05) is 19.2 Å². The lowest BCUT2D eigenvalue weighted by atomic mass is 10.1. The summed E-state index contributed by atoms with van der Waals surface area (Å²) in [6.07, 6.45) is 1.65. The third kappa shape index (κ3) is 1.56. The zero-order valence-electron chi connectivity index (χ0n) is 8.52. The number of rotatable bonds is 2. The molecule has 0 atom stereocenters. The van der Waals surface area contributed by atoms with Gasteiger partial charge in [-0.2, -0.15) is 4.68 Å². The van der Waals surface area contributed by atoms with Crippen LogP contribution in [-0.2, 0) is 0 Å². The Balaban J connectivity index is 2.60. The van der Waals surface area contributed by atoms with Crippen LogP contribution in [0.1, 0.15) is 25.5 Å². The smallest absolute Gasteiger partial charge is 0.296 e. The molecule has 15 heavy (non-hydrogen) atoms. The van der Waals surface area contributed by atoms with E-state index < -0.39 is 0 Å². The molecular formula is C9H12N4OS. The number of hydrogen-bond acceptors (Lipinski definition) is 4. The molecule has 0 fully saturated rings. The van der Waals surface area contributed by atoms with Crippen LogP contribution in [0, 0.1) is 0 Å². The van der Waals surface area contributed by atoms with Crippen LogP contribution in [0.3, 0.4) is 0 Å². The van der Waals surface area contributed by atoms with E-state index in [0.29, 0.717) is 5.13 Å². The average molecular weight is 224 g/mol. The maximum atomic E-state index is 11.8. The van der Waals surface area contributed by atoms with Crippen molar-refractivity contribution in [1.29, 1.82) is 0 Å². The summed E-state index contributed by atoms with van der Waals surface area (Å²) in [4.78, 5) is 15.8. The van der Waals surface area contributed by atoms with Gasteiger partial charge in [0.25, 0.3) is 5.56 Å². The van der Waals surface area contributed by atoms with Crippen molar-refractivity contribution in [2.45, 2.75) is 19.8 Å². The summed E-state index contributed by atoms with van der Waals surface area (Å²) < 4.78 is 1.38. The SMILES string of the molecule is CC(C)c1[nH]n(-c2nccs2)c(=O)c1N. The molecular weight excluding hydrogens is 212 g/mol. The van der Waals surface area contributed by atoms with Gasteiger partial charge in [-0.3, -0.25) is 9.89 Å². The minimum Gasteiger partial charge on any atom is -0.393 e. The van der Waals surface area contributed by atoms with Gasteiger partial charge >= 0.3 is 0 Å². The molecule has 5 nitrogen and oxygen atoms in total. The fraction of sp³-hybridized carbons (Fsp3) is 0.333. The summed E-state index contributed by atoms with van der Waals surface area (Å²) in [7, 11) is 0. The van der Waals surface area contributed by atoms with E-state index >= 15 is 0 Å². The van der Waals surface area contributed by atoms with E-state index in [2.05, 4.69) is 10.1 Å². The summed E-state index contributed by atoms with van der Waals surface area (Å²) >= 11 is 1.39. The number of anilines is 1. The molecule has 0 unspecified atom stereocenters. The van der Waals surface area contributed by atoms with Crippen molar-refractivity contribution < 1.29 is 0 Å². The van der Waals surface area contributed by atoms with E-state index in [1.54, 1.807) is 6.20 Å². The van der Waals surface area contributed by atoms with E-state index in [4.69, 9.17) is 5.73 Å². The molecule has 0 saturated heterocycles. The molecule has 80 valence electrons. The van der Waals surface area contributed by atoms with Gasteiger partial charge in [-0.1, -0.05) is 13.8 Å². The van der Waals surface area contributed by atoms with Gasteiger partial charge in [0.15, 0.2) is 0 Å². The first-order valence-corrected chi connectivity index (χ1v) is 5.49. The topological polar surface area (TPSA) is 76.7 Å². The van der Waals surface area contributed by atoms with E-state index in [1.165, 1.54) is 16.0 Å². The summed E-state index contributed by atoms with van der Waals surface area (Å²) in [5.74, 6) is 0.193. The highest BCUT2D eigenvalue weighted by molar-refractivity contribution is 7.12. The Morgan fingerprint density at radius 3 is 2.80 bits per heavy atom. The standard InChI is InChI=1S/C9H12N4OS/c1-5(2)7-6(10)8(14)13(12-7)9-11-3-4-15-9/h3-5,12H,10H2,1-2H3. The lowest BCUT2D eigenvalue weighted by Gasteiger charge is -2.00. The highest BCUT2D eigenvalue weighted by atomic mass is 32.1. The first kappa shape index (κ1) is 9.97. The van der Waals surface area contributed by atoms with Crippen LogP contribution in [0.2, 0.25) is 0 Å². The fourth-order valence-corrected chi connectivity index (χ4v) is 1.97. The Labute approximate surface area is 90.6 Å². The molecule has 0 aromatic carbocycles. The zero-order valence-corrected chi connectivity index (χ0v) is 9.34. The summed E-state index contributed by atoms with van der Waals surface area (Å²) in [6.45, 7) is 3.96. The number of aromatic amines is 1. The van der Waals surface area contributed by atoms with Crippen LogP contribution in [0.25, 0.3) is 5.13 Å². The lowest BCUT2D eigenvalue weighted by Crippen LogP contribution is -2.16. The third-order valence-electron chi connectivity index (χ3n) is 2.14. The molecule has 0 spiro atoms. The number of aromatic nitrogens is 3. The summed E-state index contributed by atoms with van der Waals surface area (Å²) in [5, 5.41) is 5.40. The Morgan fingerprint density at radius 1 is 1.60 bits per heavy atom. The maximum Gasteiger partial charge on any atom is 0.296 e. The van der Waals surface area contributed by atoms with E-state index in [0.717, 1.165) is 5.69 Å². The van der Waals surface area contributed by atoms with Crippen molar-refractivity contribution in [3.63, 3.8) is 0 Å². The number of nitrogens with one attached hydrogen (secondary N) is 1. The van der Waals surface area contributed by atoms with Crippen LogP contribution < -0.4 is 11.3 Å². The van der Waals surface area contributed by atoms with Crippen molar-refractivity contribution in [3.8, 4) is 5.13 Å². The second kappa shape index (κ2) is 3.54. The Morgan fingerprint density at radius 2 is 2.33 bits per heavy atom. The van der Waals surface area contributed by atoms with Crippen LogP contribution >= 0.6 is 11.3 Å². The maximum absolute atomic E-state index is 11.8. The second-order valence-corrected chi connectivity index (χ2v) is 4.42. The molecule has 0 saturated carbocycles. The lowest BCUT2D eigenvalue weighted by molar-refractivity contribution is 0.758. The molecule has 2 heterocycles. The number of hydrogen-bond donors (Lipinski definition) is 2. The second-order valence-electron chi connectivity index (χ2n) is 3.55. The van der Waals surface area contributed by atoms with Gasteiger partial charge in [0.2, 0.25) is 5.13 Å². The monoisotopic (exact) mass is 224 g/mol. The average Bonchev–Trinajstić information content (AvgIpc) is 2.77. The molecule has 3 N–H and O–H groups in total. The molecule has 2 aromatic rings. The summed E-state index contributed by atoms with van der Waals surface area (Å²) in [5.41, 5.74) is 6.53. The summed E-state index contributed by atoms with van der Waals surface area (Å²) in [6, 6.07) is 0. The third-order valence-corrected chi connectivity index (χ3v) is 2.90. The van der Waals surface area contributed by atoms with Crippen molar-refractivity contribution in [2.75, 3.05) is 5.73 Å². The predicted octanol–water partition coefficient (Wildman–Crippen LogP) is 1.33. The van der Waals surface area contributed by atoms with Crippen LogP contribution in [0.15, 0.2) is 16.4 Å². The van der Waals surface area contributed by atoms with E-state index in [-0.39, 0.29) is 17.2 Å². The van der Waals surface area contributed by atoms with E-state index in [9.17, 15) is 4.79 Å². The Kier molecular flexibility index (Phi) is 2.36. The van der Waals surface area contributed by atoms with Crippen LogP contribution in [0.4, 0.5) is 5.69 Å². The first-order chi connectivity index (χ1) is 7.11. The van der Waals surface area contributed by atoms with Gasteiger partial charge in [-0.05, 0) is 5.92 Å². The van der Waals surface area contributed by atoms with Crippen molar-refractivity contribution in [2.24, 2.45) is 0 Å². The molecule has 0 amide bonds. The van der Waals surface area contributed by atoms with Gasteiger partial charge < -0.3 is 5.73 Å². The van der Waals surface area contributed by atoms with Crippen LogP contribution in [-0.4, -0.2) is 14.8 Å². The molecule has 0 aliphatic heterocycles. The predicted molar refractivity (Wildman–Crippen MR) is 60.6 cm³/mol. The van der Waals surface area contributed by atoms with Crippen LogP contribution in [0.5, 0.6) is 0 Å². The van der Waals surface area contributed by atoms with Crippen molar-refractivity contribution >= 4 is 17.0 Å². The van der Waals surface area contributed by atoms with Gasteiger partial charge in [0.1, 0.15) is 5.69 Å². The molecule has 0 radical (unpaired) electrons. The number of thiazole rings is 1. The highest BCUT2D eigenvalue weighted by Gasteiger charge is 2.15. The fourth-order valence-electron chi connectivity index (χ4n) is 1.37. The quantitative estimate of drug-likeness (QED) is 0.807. The van der Waals surface area contributed by atoms with Gasteiger partial charge in [0.05, 0.1) is 5.69 Å². The van der Waals surface area contributed by atoms with Crippen molar-refractivity contribution in [1.82, 2.24) is 14.8 Å². The highest BCUT2D eigenvalue weighted by Crippen LogP contribution is 2.18. The number of nitrogens with two attached hydrogens (primary N) is 1.